The maximum Gasteiger partial charge on any atom is 0.204 e. The van der Waals surface area contributed by atoms with Gasteiger partial charge in [0, 0.05) is 0 Å². The van der Waals surface area contributed by atoms with E-state index in [1.165, 1.54) is 18.6 Å². The van der Waals surface area contributed by atoms with Crippen molar-refractivity contribution in [3.63, 3.8) is 0 Å². The van der Waals surface area contributed by atoms with Gasteiger partial charge in [-0.2, -0.15) is 8.78 Å². The fraction of sp³-hybridized carbons (Fsp3) is 0.667. The number of hydrogen-bond acceptors (Lipinski definition) is 3. The molecular formula is C24H34F2O3. The summed E-state index contributed by atoms with van der Waals surface area (Å²) in [5.41, 5.74) is 0. The van der Waals surface area contributed by atoms with Gasteiger partial charge in [0.1, 0.15) is 0 Å². The van der Waals surface area contributed by atoms with Gasteiger partial charge in [-0.05, 0) is 81.8 Å². The Kier molecular flexibility index (Phi) is 8.34. The first-order valence-corrected chi connectivity index (χ1v) is 11.1. The molecule has 162 valence electrons. The summed E-state index contributed by atoms with van der Waals surface area (Å²) in [5.74, 6) is -0.240. The third-order valence-corrected chi connectivity index (χ3v) is 6.26. The Morgan fingerprint density at radius 1 is 0.966 bits per heavy atom. The molecule has 1 aromatic rings. The molecule has 1 heterocycles. The summed E-state index contributed by atoms with van der Waals surface area (Å²) in [7, 11) is 0. The van der Waals surface area contributed by atoms with E-state index in [1.54, 1.807) is 0 Å². The number of allylic oxidation sites excluding steroid dienone is 1. The summed E-state index contributed by atoms with van der Waals surface area (Å²) in [6, 6.07) is 2.92. The molecule has 3 nitrogen and oxygen atoms in total. The fourth-order valence-electron chi connectivity index (χ4n) is 4.51. The molecule has 1 saturated heterocycles. The first kappa shape index (κ1) is 22.1. The third kappa shape index (κ3) is 5.94. The lowest BCUT2D eigenvalue weighted by Gasteiger charge is -2.37. The van der Waals surface area contributed by atoms with E-state index in [-0.39, 0.29) is 17.6 Å². The highest BCUT2D eigenvalue weighted by atomic mass is 19.2. The molecule has 1 aliphatic heterocycles. The summed E-state index contributed by atoms with van der Waals surface area (Å²) < 4.78 is 45.2. The van der Waals surface area contributed by atoms with Crippen LogP contribution in [-0.2, 0) is 4.74 Å². The van der Waals surface area contributed by atoms with Crippen LogP contribution in [0.1, 0.15) is 58.8 Å². The average molecular weight is 409 g/mol. The maximum atomic E-state index is 14.2. The van der Waals surface area contributed by atoms with Crippen molar-refractivity contribution in [1.82, 2.24) is 0 Å². The lowest BCUT2D eigenvalue weighted by Crippen LogP contribution is -2.32. The molecule has 1 aromatic carbocycles. The predicted molar refractivity (Wildman–Crippen MR) is 110 cm³/mol. The molecule has 0 N–H and O–H groups in total. The van der Waals surface area contributed by atoms with Crippen molar-refractivity contribution in [3.05, 3.63) is 35.9 Å². The molecule has 0 bridgehead atoms. The summed E-state index contributed by atoms with van der Waals surface area (Å²) in [6.07, 6.45) is 12.1. The number of ether oxygens (including phenoxy) is 3. The van der Waals surface area contributed by atoms with Crippen LogP contribution in [0.2, 0.25) is 0 Å². The summed E-state index contributed by atoms with van der Waals surface area (Å²) in [6.45, 7) is 5.61. The maximum absolute atomic E-state index is 14.2. The van der Waals surface area contributed by atoms with E-state index >= 15 is 0 Å². The van der Waals surface area contributed by atoms with Gasteiger partial charge in [0.25, 0.3) is 0 Å². The van der Waals surface area contributed by atoms with E-state index in [0.717, 1.165) is 45.1 Å². The Labute approximate surface area is 173 Å². The topological polar surface area (TPSA) is 27.7 Å². The Balaban J connectivity index is 1.43. The standard InChI is InChI=1S/C24H34F2O3/c1-3-5-20-11-10-19(16-28-20)18-8-6-17(7-9-18)15-29-22-13-12-21(27-14-4-2)23(25)24(22)26/h3,5,12-13,17-20H,4,6-11,14-16H2,1-2H3/b5-3+. The van der Waals surface area contributed by atoms with Crippen molar-refractivity contribution in [3.8, 4) is 11.5 Å². The van der Waals surface area contributed by atoms with Crippen LogP contribution in [0, 0.1) is 29.4 Å². The number of halogens is 2. The molecule has 0 spiro atoms. The minimum atomic E-state index is -0.965. The predicted octanol–water partition coefficient (Wildman–Crippen LogP) is 6.31. The first-order valence-electron chi connectivity index (χ1n) is 11.1. The van der Waals surface area contributed by atoms with Gasteiger partial charge in [-0.3, -0.25) is 0 Å². The molecule has 2 unspecified atom stereocenters. The molecule has 0 radical (unpaired) electrons. The van der Waals surface area contributed by atoms with E-state index in [0.29, 0.717) is 31.0 Å². The van der Waals surface area contributed by atoms with Gasteiger partial charge >= 0.3 is 0 Å². The molecule has 1 saturated carbocycles. The van der Waals surface area contributed by atoms with Gasteiger partial charge in [0.2, 0.25) is 11.6 Å². The molecule has 3 rings (SSSR count). The normalized spacial score (nSPS) is 27.9. The molecule has 0 amide bonds. The lowest BCUT2D eigenvalue weighted by molar-refractivity contribution is -0.0178. The summed E-state index contributed by atoms with van der Waals surface area (Å²) in [4.78, 5) is 0. The van der Waals surface area contributed by atoms with Gasteiger partial charge in [0.15, 0.2) is 11.5 Å². The minimum Gasteiger partial charge on any atom is -0.490 e. The zero-order valence-electron chi connectivity index (χ0n) is 17.7. The van der Waals surface area contributed by atoms with Crippen LogP contribution in [0.15, 0.2) is 24.3 Å². The smallest absolute Gasteiger partial charge is 0.204 e. The van der Waals surface area contributed by atoms with Crippen LogP contribution in [-0.4, -0.2) is 25.9 Å². The van der Waals surface area contributed by atoms with Crippen LogP contribution in [0.4, 0.5) is 8.78 Å². The Morgan fingerprint density at radius 2 is 1.62 bits per heavy atom. The number of hydrogen-bond donors (Lipinski definition) is 0. The zero-order chi connectivity index (χ0) is 20.6. The second-order valence-electron chi connectivity index (χ2n) is 8.37. The fourth-order valence-corrected chi connectivity index (χ4v) is 4.51. The first-order chi connectivity index (χ1) is 14.1. The van der Waals surface area contributed by atoms with Crippen LogP contribution < -0.4 is 9.47 Å². The molecule has 2 fully saturated rings. The van der Waals surface area contributed by atoms with Crippen molar-refractivity contribution < 1.29 is 23.0 Å². The van der Waals surface area contributed by atoms with Crippen LogP contribution in [0.5, 0.6) is 11.5 Å². The van der Waals surface area contributed by atoms with E-state index in [9.17, 15) is 8.78 Å². The minimum absolute atomic E-state index is 0.0239. The Morgan fingerprint density at radius 3 is 2.21 bits per heavy atom. The largest absolute Gasteiger partial charge is 0.490 e. The van der Waals surface area contributed by atoms with Crippen LogP contribution in [0.25, 0.3) is 0 Å². The van der Waals surface area contributed by atoms with Crippen LogP contribution >= 0.6 is 0 Å². The lowest BCUT2D eigenvalue weighted by atomic mass is 9.74. The molecule has 5 heteroatoms. The number of benzene rings is 1. The molecule has 2 aliphatic rings. The van der Waals surface area contributed by atoms with E-state index < -0.39 is 11.6 Å². The monoisotopic (exact) mass is 408 g/mol. The van der Waals surface area contributed by atoms with Crippen molar-refractivity contribution in [2.24, 2.45) is 17.8 Å². The average Bonchev–Trinajstić information content (AvgIpc) is 2.75. The Hall–Kier alpha value is -1.62. The molecule has 2 atom stereocenters. The number of rotatable bonds is 8. The highest BCUT2D eigenvalue weighted by Gasteiger charge is 2.31. The summed E-state index contributed by atoms with van der Waals surface area (Å²) in [5, 5.41) is 0. The van der Waals surface area contributed by atoms with Gasteiger partial charge in [0.05, 0.1) is 25.9 Å². The van der Waals surface area contributed by atoms with Gasteiger partial charge < -0.3 is 14.2 Å². The van der Waals surface area contributed by atoms with Crippen molar-refractivity contribution in [2.45, 2.75) is 64.9 Å². The molecule has 0 aromatic heterocycles. The SMILES string of the molecule is C/C=C/C1CCC(C2CCC(COc3ccc(OCCC)c(F)c3F)CC2)CO1. The molecular weight excluding hydrogens is 374 g/mol. The molecule has 29 heavy (non-hydrogen) atoms. The van der Waals surface area contributed by atoms with Crippen molar-refractivity contribution in [1.29, 1.82) is 0 Å². The third-order valence-electron chi connectivity index (χ3n) is 6.26. The van der Waals surface area contributed by atoms with Gasteiger partial charge in [-0.25, -0.2) is 0 Å². The van der Waals surface area contributed by atoms with E-state index in [1.807, 2.05) is 13.8 Å². The zero-order valence-corrected chi connectivity index (χ0v) is 17.7. The van der Waals surface area contributed by atoms with Gasteiger partial charge in [-0.1, -0.05) is 19.1 Å². The summed E-state index contributed by atoms with van der Waals surface area (Å²) >= 11 is 0. The highest BCUT2D eigenvalue weighted by Crippen LogP contribution is 2.38. The highest BCUT2D eigenvalue weighted by molar-refractivity contribution is 5.35. The van der Waals surface area contributed by atoms with Crippen LogP contribution in [0.3, 0.4) is 0 Å². The van der Waals surface area contributed by atoms with E-state index in [4.69, 9.17) is 14.2 Å². The van der Waals surface area contributed by atoms with Gasteiger partial charge in [-0.15, -0.1) is 0 Å². The van der Waals surface area contributed by atoms with Crippen molar-refractivity contribution >= 4 is 0 Å². The van der Waals surface area contributed by atoms with Crippen molar-refractivity contribution in [2.75, 3.05) is 19.8 Å². The second kappa shape index (κ2) is 11.0. The van der Waals surface area contributed by atoms with E-state index in [2.05, 4.69) is 12.2 Å². The second-order valence-corrected chi connectivity index (χ2v) is 8.37. The Bertz CT molecular complexity index is 660. The quantitative estimate of drug-likeness (QED) is 0.472. The molecule has 1 aliphatic carbocycles.